The van der Waals surface area contributed by atoms with Crippen LogP contribution in [0.5, 0.6) is 11.5 Å². The number of halogens is 1. The summed E-state index contributed by atoms with van der Waals surface area (Å²) in [5.74, 6) is 2.22. The van der Waals surface area contributed by atoms with Gasteiger partial charge in [0, 0.05) is 0 Å². The van der Waals surface area contributed by atoms with Crippen molar-refractivity contribution in [2.24, 2.45) is 5.10 Å². The highest BCUT2D eigenvalue weighted by atomic mass is 127. The van der Waals surface area contributed by atoms with Crippen LogP contribution >= 0.6 is 22.6 Å². The summed E-state index contributed by atoms with van der Waals surface area (Å²) in [6.45, 7) is 4.13. The Morgan fingerprint density at radius 2 is 1.92 bits per heavy atom. The highest BCUT2D eigenvalue weighted by molar-refractivity contribution is 14.1. The fourth-order valence-electron chi connectivity index (χ4n) is 3.83. The van der Waals surface area contributed by atoms with E-state index in [1.54, 1.807) is 25.5 Å². The van der Waals surface area contributed by atoms with Crippen LogP contribution in [0.4, 0.5) is 0 Å². The van der Waals surface area contributed by atoms with Crippen molar-refractivity contribution >= 4 is 50.7 Å². The number of nitrogens with zero attached hydrogens (tertiary/aromatic N) is 3. The molecule has 0 aliphatic heterocycles. The zero-order valence-corrected chi connectivity index (χ0v) is 22.2. The molecule has 0 fully saturated rings. The van der Waals surface area contributed by atoms with E-state index in [0.717, 1.165) is 26.7 Å². The van der Waals surface area contributed by atoms with E-state index in [9.17, 15) is 4.79 Å². The molecule has 0 saturated heterocycles. The topological polar surface area (TPSA) is 78.8 Å². The van der Waals surface area contributed by atoms with Crippen LogP contribution < -0.4 is 15.0 Å². The van der Waals surface area contributed by atoms with Gasteiger partial charge < -0.3 is 13.9 Å². The number of hydrogen-bond acceptors (Lipinski definition) is 6. The Morgan fingerprint density at radius 1 is 1.08 bits per heavy atom. The van der Waals surface area contributed by atoms with Gasteiger partial charge in [0.25, 0.3) is 5.56 Å². The zero-order valence-electron chi connectivity index (χ0n) is 20.1. The molecule has 3 aromatic carbocycles. The molecule has 182 valence electrons. The van der Waals surface area contributed by atoms with Crippen molar-refractivity contribution in [1.82, 2.24) is 9.66 Å². The quantitative estimate of drug-likeness (QED) is 0.159. The second kappa shape index (κ2) is 10.1. The van der Waals surface area contributed by atoms with Gasteiger partial charge in [0.1, 0.15) is 17.1 Å². The normalized spacial score (nSPS) is 12.4. The van der Waals surface area contributed by atoms with Crippen LogP contribution in [-0.2, 0) is 0 Å². The van der Waals surface area contributed by atoms with E-state index in [4.69, 9.17) is 18.9 Å². The lowest BCUT2D eigenvalue weighted by atomic mass is 10.2. The van der Waals surface area contributed by atoms with Crippen molar-refractivity contribution in [3.8, 4) is 23.1 Å². The van der Waals surface area contributed by atoms with Crippen LogP contribution in [0, 0.1) is 3.57 Å². The van der Waals surface area contributed by atoms with E-state index in [-0.39, 0.29) is 11.7 Å². The average Bonchev–Trinajstić information content (AvgIpc) is 3.34. The number of hydrogen-bond donors (Lipinski definition) is 0. The second-order valence-corrected chi connectivity index (χ2v) is 9.49. The summed E-state index contributed by atoms with van der Waals surface area (Å²) in [4.78, 5) is 18.2. The lowest BCUT2D eigenvalue weighted by Gasteiger charge is -2.14. The third-order valence-electron chi connectivity index (χ3n) is 5.90. The minimum atomic E-state index is -0.286. The van der Waals surface area contributed by atoms with Crippen molar-refractivity contribution in [1.29, 1.82) is 0 Å². The molecule has 0 unspecified atom stereocenters. The monoisotopic (exact) mass is 593 g/mol. The maximum absolute atomic E-state index is 13.5. The predicted octanol–water partition coefficient (Wildman–Crippen LogP) is 6.48. The zero-order chi connectivity index (χ0) is 25.2. The molecule has 0 N–H and O–H groups in total. The van der Waals surface area contributed by atoms with Crippen LogP contribution in [0.2, 0.25) is 0 Å². The first kappa shape index (κ1) is 24.1. The number of rotatable bonds is 7. The Bertz CT molecular complexity index is 1650. The molecule has 2 heterocycles. The maximum Gasteiger partial charge on any atom is 0.282 e. The number of aromatic nitrogens is 2. The Labute approximate surface area is 221 Å². The van der Waals surface area contributed by atoms with Gasteiger partial charge >= 0.3 is 0 Å². The van der Waals surface area contributed by atoms with Gasteiger partial charge in [0.2, 0.25) is 5.82 Å². The van der Waals surface area contributed by atoms with Crippen LogP contribution in [0.15, 0.2) is 81.0 Å². The summed E-state index contributed by atoms with van der Waals surface area (Å²) in [7, 11) is 1.61. The molecule has 0 bridgehead atoms. The minimum absolute atomic E-state index is 0.130. The summed E-state index contributed by atoms with van der Waals surface area (Å²) in [5, 5.41) is 5.81. The number of fused-ring (bicyclic) bond motifs is 2. The Morgan fingerprint density at radius 3 is 2.69 bits per heavy atom. The lowest BCUT2D eigenvalue weighted by molar-refractivity contribution is 0.216. The van der Waals surface area contributed by atoms with Crippen molar-refractivity contribution in [2.75, 3.05) is 7.11 Å². The molecule has 5 aromatic rings. The van der Waals surface area contributed by atoms with Gasteiger partial charge in [-0.2, -0.15) is 9.78 Å². The van der Waals surface area contributed by atoms with Crippen LogP contribution in [0.25, 0.3) is 33.5 Å². The Hall–Kier alpha value is -3.66. The molecule has 0 amide bonds. The Balaban J connectivity index is 1.62. The van der Waals surface area contributed by atoms with E-state index in [1.807, 2.05) is 61.5 Å². The van der Waals surface area contributed by atoms with Crippen LogP contribution in [-0.4, -0.2) is 29.1 Å². The van der Waals surface area contributed by atoms with Gasteiger partial charge in [0.15, 0.2) is 5.76 Å². The average molecular weight is 593 g/mol. The fraction of sp³-hybridized carbons (Fsp3) is 0.179. The van der Waals surface area contributed by atoms with Gasteiger partial charge in [-0.1, -0.05) is 25.1 Å². The van der Waals surface area contributed by atoms with Gasteiger partial charge in [-0.15, -0.1) is 0 Å². The largest absolute Gasteiger partial charge is 0.496 e. The van der Waals surface area contributed by atoms with E-state index in [2.05, 4.69) is 34.6 Å². The molecular weight excluding hydrogens is 569 g/mol. The molecule has 0 aliphatic rings. The molecule has 0 saturated carbocycles. The molecule has 5 rings (SSSR count). The number of furan rings is 1. The first-order valence-corrected chi connectivity index (χ1v) is 12.7. The van der Waals surface area contributed by atoms with Gasteiger partial charge in [0.05, 0.1) is 39.3 Å². The van der Waals surface area contributed by atoms with E-state index >= 15 is 0 Å². The molecular formula is C28H24IN3O4. The lowest BCUT2D eigenvalue weighted by Crippen LogP contribution is -2.20. The minimum Gasteiger partial charge on any atom is -0.496 e. The fourth-order valence-corrected chi connectivity index (χ4v) is 4.50. The van der Waals surface area contributed by atoms with Crippen LogP contribution in [0.1, 0.15) is 25.8 Å². The van der Waals surface area contributed by atoms with Gasteiger partial charge in [-0.25, -0.2) is 4.98 Å². The molecule has 0 spiro atoms. The molecule has 1 atom stereocenters. The van der Waals surface area contributed by atoms with Gasteiger partial charge in [-0.05, 0) is 90.0 Å². The molecule has 7 nitrogen and oxygen atoms in total. The van der Waals surface area contributed by atoms with Crippen LogP contribution in [0.3, 0.4) is 0 Å². The van der Waals surface area contributed by atoms with Crippen molar-refractivity contribution < 1.29 is 13.9 Å². The second-order valence-electron chi connectivity index (χ2n) is 8.32. The molecule has 0 radical (unpaired) electrons. The maximum atomic E-state index is 13.5. The van der Waals surface area contributed by atoms with Crippen molar-refractivity contribution in [3.63, 3.8) is 0 Å². The SMILES string of the molecule is CC[C@H](C)Oc1ccc(C=Nn2c(-c3cc4c(OC)cccc4o3)nc3ccccc3c2=O)cc1I. The van der Waals surface area contributed by atoms with E-state index in [1.165, 1.54) is 4.68 Å². The first-order valence-electron chi connectivity index (χ1n) is 11.6. The molecule has 2 aromatic heterocycles. The third kappa shape index (κ3) is 4.60. The summed E-state index contributed by atoms with van der Waals surface area (Å²) >= 11 is 2.24. The number of benzene rings is 3. The van der Waals surface area contributed by atoms with Crippen molar-refractivity contribution in [2.45, 2.75) is 26.4 Å². The molecule has 8 heteroatoms. The number of ether oxygens (including phenoxy) is 2. The highest BCUT2D eigenvalue weighted by Gasteiger charge is 2.18. The number of para-hydroxylation sites is 1. The third-order valence-corrected chi connectivity index (χ3v) is 6.74. The first-order chi connectivity index (χ1) is 17.5. The number of methoxy groups -OCH3 is 1. The summed E-state index contributed by atoms with van der Waals surface area (Å²) in [6.07, 6.45) is 2.69. The van der Waals surface area contributed by atoms with Gasteiger partial charge in [-0.3, -0.25) is 4.79 Å². The molecule has 0 aliphatic carbocycles. The van der Waals surface area contributed by atoms with Crippen molar-refractivity contribution in [3.05, 3.63) is 86.2 Å². The Kier molecular flexibility index (Phi) is 6.77. The summed E-state index contributed by atoms with van der Waals surface area (Å²) in [6, 6.07) is 20.4. The van der Waals surface area contributed by atoms with E-state index in [0.29, 0.717) is 33.8 Å². The molecule has 36 heavy (non-hydrogen) atoms. The summed E-state index contributed by atoms with van der Waals surface area (Å²) in [5.41, 5.74) is 1.74. The van der Waals surface area contributed by atoms with E-state index < -0.39 is 0 Å². The predicted molar refractivity (Wildman–Crippen MR) is 150 cm³/mol. The highest BCUT2D eigenvalue weighted by Crippen LogP contribution is 2.33. The standard InChI is InChI=1S/C28H24IN3O4/c1-4-17(2)35-25-13-12-18(14-21(25)29)16-30-32-27(31-22-9-6-5-8-19(22)28(32)33)26-15-20-23(34-3)10-7-11-24(20)36-26/h5-17H,4H2,1-3H3/t17-/m0/s1. The smallest absolute Gasteiger partial charge is 0.282 e. The summed E-state index contributed by atoms with van der Waals surface area (Å²) < 4.78 is 19.8.